The molecule has 0 saturated heterocycles. The molecule has 0 aliphatic carbocycles. The van der Waals surface area contributed by atoms with Crippen LogP contribution >= 0.6 is 11.6 Å². The van der Waals surface area contributed by atoms with Crippen LogP contribution in [0.4, 0.5) is 0 Å². The van der Waals surface area contributed by atoms with E-state index < -0.39 is 11.6 Å². The van der Waals surface area contributed by atoms with E-state index in [0.717, 1.165) is 15.6 Å². The number of benzene rings is 2. The number of H-pyrrole nitrogens is 2. The van der Waals surface area contributed by atoms with Gasteiger partial charge in [0, 0.05) is 21.5 Å². The Hall–Kier alpha value is -3.45. The van der Waals surface area contributed by atoms with E-state index in [1.807, 2.05) is 6.07 Å². The molecule has 130 valence electrons. The Labute approximate surface area is 151 Å². The summed E-state index contributed by atoms with van der Waals surface area (Å²) in [5.74, 6) is -0.956. The summed E-state index contributed by atoms with van der Waals surface area (Å²) < 4.78 is 0.767. The number of nitrogens with zero attached hydrogens (tertiary/aromatic N) is 1. The van der Waals surface area contributed by atoms with Gasteiger partial charge in [0.1, 0.15) is 11.4 Å². The summed E-state index contributed by atoms with van der Waals surface area (Å²) in [5, 5.41) is 11.6. The van der Waals surface area contributed by atoms with Gasteiger partial charge in [-0.2, -0.15) is 4.68 Å². The van der Waals surface area contributed by atoms with Gasteiger partial charge in [0.25, 0.3) is 5.91 Å². The lowest BCUT2D eigenvalue weighted by Gasteiger charge is -2.05. The van der Waals surface area contributed by atoms with Gasteiger partial charge in [-0.1, -0.05) is 41.9 Å². The molecule has 0 aliphatic heterocycles. The van der Waals surface area contributed by atoms with Crippen LogP contribution in [0.15, 0.2) is 59.4 Å². The van der Waals surface area contributed by atoms with Gasteiger partial charge >= 0.3 is 5.69 Å². The van der Waals surface area contributed by atoms with Gasteiger partial charge in [-0.15, -0.1) is 0 Å². The number of aromatic hydroxyl groups is 1. The summed E-state index contributed by atoms with van der Waals surface area (Å²) >= 11 is 5.94. The summed E-state index contributed by atoms with van der Waals surface area (Å²) in [4.78, 5) is 30.1. The molecule has 4 N–H and O–H groups in total. The monoisotopic (exact) mass is 368 g/mol. The fourth-order valence-corrected chi connectivity index (χ4v) is 2.90. The molecular weight excluding hydrogens is 356 g/mol. The van der Waals surface area contributed by atoms with Gasteiger partial charge in [0.05, 0.1) is 0 Å². The Kier molecular flexibility index (Phi) is 3.78. The third-order valence-corrected chi connectivity index (χ3v) is 4.21. The van der Waals surface area contributed by atoms with E-state index in [9.17, 15) is 14.7 Å². The Balaban J connectivity index is 1.67. The maximum absolute atomic E-state index is 12.5. The van der Waals surface area contributed by atoms with Crippen LogP contribution < -0.4 is 11.1 Å². The first-order valence-electron chi connectivity index (χ1n) is 7.72. The zero-order valence-electron chi connectivity index (χ0n) is 13.3. The fourth-order valence-electron chi connectivity index (χ4n) is 2.72. The van der Waals surface area contributed by atoms with Gasteiger partial charge in [0.2, 0.25) is 5.88 Å². The number of carbonyl (C=O) groups excluding carboxylic acids is 1. The van der Waals surface area contributed by atoms with Crippen molar-refractivity contribution in [1.82, 2.24) is 14.6 Å². The molecule has 2 aromatic carbocycles. The minimum absolute atomic E-state index is 0.222. The smallest absolute Gasteiger partial charge is 0.348 e. The minimum atomic E-state index is -0.658. The molecule has 0 bridgehead atoms. The van der Waals surface area contributed by atoms with Crippen molar-refractivity contribution in [3.05, 3.63) is 75.8 Å². The highest BCUT2D eigenvalue weighted by atomic mass is 35.5. The molecule has 0 unspecified atom stereocenters. The number of rotatable bonds is 3. The number of imidazole rings is 1. The van der Waals surface area contributed by atoms with E-state index in [-0.39, 0.29) is 17.3 Å². The number of aromatic nitrogens is 3. The second-order valence-electron chi connectivity index (χ2n) is 5.69. The third-order valence-electron chi connectivity index (χ3n) is 3.97. The molecule has 8 heteroatoms. The van der Waals surface area contributed by atoms with Crippen LogP contribution in [-0.4, -0.2) is 25.7 Å². The van der Waals surface area contributed by atoms with Gasteiger partial charge in [-0.25, -0.2) is 4.79 Å². The first-order valence-corrected chi connectivity index (χ1v) is 8.10. The average Bonchev–Trinajstić information content (AvgIpc) is 3.18. The zero-order chi connectivity index (χ0) is 18.3. The molecule has 4 aromatic rings. The van der Waals surface area contributed by atoms with Crippen LogP contribution in [0.25, 0.3) is 22.2 Å². The predicted molar refractivity (Wildman–Crippen MR) is 99.2 cm³/mol. The maximum Gasteiger partial charge on any atom is 0.348 e. The first kappa shape index (κ1) is 16.0. The molecule has 0 aliphatic rings. The summed E-state index contributed by atoms with van der Waals surface area (Å²) in [5.41, 5.74) is 3.53. The van der Waals surface area contributed by atoms with E-state index in [2.05, 4.69) is 15.4 Å². The van der Waals surface area contributed by atoms with Crippen LogP contribution in [0, 0.1) is 0 Å². The molecule has 4 rings (SSSR count). The van der Waals surface area contributed by atoms with Crippen LogP contribution in [0.1, 0.15) is 10.5 Å². The summed E-state index contributed by atoms with van der Waals surface area (Å²) in [6.45, 7) is 0. The molecule has 2 heterocycles. The lowest BCUT2D eigenvalue weighted by Crippen LogP contribution is -2.31. The van der Waals surface area contributed by atoms with Crippen molar-refractivity contribution < 1.29 is 9.90 Å². The molecule has 2 aromatic heterocycles. The zero-order valence-corrected chi connectivity index (χ0v) is 14.0. The van der Waals surface area contributed by atoms with Crippen LogP contribution in [0.5, 0.6) is 5.88 Å². The molecule has 26 heavy (non-hydrogen) atoms. The topological polar surface area (TPSA) is 103 Å². The SMILES string of the molecule is O=C(Nn1c(O)c(-c2ccccc2)[nH]c1=O)c1cc2cc(Cl)ccc2[nH]1. The van der Waals surface area contributed by atoms with E-state index in [0.29, 0.717) is 10.6 Å². The molecular formula is C18H13ClN4O3. The minimum Gasteiger partial charge on any atom is -0.492 e. The quantitative estimate of drug-likeness (QED) is 0.447. The molecule has 1 amide bonds. The molecule has 7 nitrogen and oxygen atoms in total. The number of carbonyl (C=O) groups is 1. The van der Waals surface area contributed by atoms with Crippen LogP contribution in [0.3, 0.4) is 0 Å². The molecule has 0 fully saturated rings. The summed E-state index contributed by atoms with van der Waals surface area (Å²) in [7, 11) is 0. The lowest BCUT2D eigenvalue weighted by atomic mass is 10.2. The van der Waals surface area contributed by atoms with Crippen molar-refractivity contribution in [3.8, 4) is 17.1 Å². The number of aromatic amines is 2. The highest BCUT2D eigenvalue weighted by molar-refractivity contribution is 6.31. The van der Waals surface area contributed by atoms with Crippen molar-refractivity contribution in [1.29, 1.82) is 0 Å². The number of amides is 1. The molecule has 0 radical (unpaired) electrons. The van der Waals surface area contributed by atoms with Gasteiger partial charge in [-0.05, 0) is 24.3 Å². The van der Waals surface area contributed by atoms with E-state index >= 15 is 0 Å². The van der Waals surface area contributed by atoms with Crippen molar-refractivity contribution in [3.63, 3.8) is 0 Å². The second-order valence-corrected chi connectivity index (χ2v) is 6.12. The number of fused-ring (bicyclic) bond motifs is 1. The van der Waals surface area contributed by atoms with Crippen molar-refractivity contribution >= 4 is 28.4 Å². The third kappa shape index (κ3) is 2.74. The summed E-state index contributed by atoms with van der Waals surface area (Å²) in [6, 6.07) is 15.6. The molecule has 0 atom stereocenters. The van der Waals surface area contributed by atoms with Crippen molar-refractivity contribution in [2.45, 2.75) is 0 Å². The molecule has 0 saturated carbocycles. The Bertz CT molecular complexity index is 1170. The number of hydrogen-bond donors (Lipinski definition) is 4. The highest BCUT2D eigenvalue weighted by Crippen LogP contribution is 2.25. The van der Waals surface area contributed by atoms with Gasteiger partial charge in [0.15, 0.2) is 0 Å². The second kappa shape index (κ2) is 6.12. The van der Waals surface area contributed by atoms with Crippen molar-refractivity contribution in [2.24, 2.45) is 0 Å². The van der Waals surface area contributed by atoms with Crippen LogP contribution in [0.2, 0.25) is 5.02 Å². The molecule has 0 spiro atoms. The Morgan fingerprint density at radius 1 is 1.08 bits per heavy atom. The van der Waals surface area contributed by atoms with Gasteiger partial charge in [-0.3, -0.25) is 10.2 Å². The van der Waals surface area contributed by atoms with E-state index in [1.165, 1.54) is 0 Å². The standard InChI is InChI=1S/C18H13ClN4O3/c19-12-6-7-13-11(8-12)9-14(20-13)16(24)22-23-17(25)15(21-18(23)26)10-4-2-1-3-5-10/h1-9,20,25H,(H,21,26)(H,22,24). The van der Waals surface area contributed by atoms with E-state index in [1.54, 1.807) is 48.5 Å². The summed E-state index contributed by atoms with van der Waals surface area (Å²) in [6.07, 6.45) is 0. The van der Waals surface area contributed by atoms with Gasteiger partial charge < -0.3 is 15.1 Å². The Morgan fingerprint density at radius 2 is 1.85 bits per heavy atom. The van der Waals surface area contributed by atoms with Crippen molar-refractivity contribution in [2.75, 3.05) is 5.43 Å². The Morgan fingerprint density at radius 3 is 2.62 bits per heavy atom. The number of hydrogen-bond acceptors (Lipinski definition) is 3. The average molecular weight is 369 g/mol. The lowest BCUT2D eigenvalue weighted by molar-refractivity contribution is 0.100. The number of nitrogens with one attached hydrogen (secondary N) is 3. The normalized spacial score (nSPS) is 11.0. The van der Waals surface area contributed by atoms with Crippen LogP contribution in [-0.2, 0) is 0 Å². The van der Waals surface area contributed by atoms with E-state index in [4.69, 9.17) is 11.6 Å². The number of halogens is 1. The fraction of sp³-hybridized carbons (Fsp3) is 0. The predicted octanol–water partition coefficient (Wildman–Crippen LogP) is 3.07. The maximum atomic E-state index is 12.5. The highest BCUT2D eigenvalue weighted by Gasteiger charge is 2.18. The largest absolute Gasteiger partial charge is 0.492 e. The first-order chi connectivity index (χ1) is 12.5.